The molecule has 1 atom stereocenters. The Morgan fingerprint density at radius 1 is 1.05 bits per heavy atom. The highest BCUT2D eigenvalue weighted by Crippen LogP contribution is 2.39. The van der Waals surface area contributed by atoms with Gasteiger partial charge in [0.2, 0.25) is 0 Å². The first-order valence-corrected chi connectivity index (χ1v) is 14.0. The van der Waals surface area contributed by atoms with Gasteiger partial charge in [0.15, 0.2) is 5.69 Å². The molecular formula is C29H34Cl2F3N5O2. The number of aromatic carboxylic acids is 1. The van der Waals surface area contributed by atoms with E-state index in [2.05, 4.69) is 46.1 Å². The van der Waals surface area contributed by atoms with Crippen LogP contribution in [-0.2, 0) is 6.18 Å². The summed E-state index contributed by atoms with van der Waals surface area (Å²) >= 11 is 6.39. The molecule has 7 nitrogen and oxygen atoms in total. The van der Waals surface area contributed by atoms with Gasteiger partial charge < -0.3 is 14.9 Å². The summed E-state index contributed by atoms with van der Waals surface area (Å²) in [7, 11) is 0. The van der Waals surface area contributed by atoms with E-state index in [0.29, 0.717) is 24.4 Å². The molecule has 222 valence electrons. The van der Waals surface area contributed by atoms with Crippen LogP contribution in [0.3, 0.4) is 0 Å². The zero-order valence-electron chi connectivity index (χ0n) is 22.8. The normalized spacial score (nSPS) is 18.3. The number of halogens is 5. The van der Waals surface area contributed by atoms with E-state index in [4.69, 9.17) is 11.6 Å². The van der Waals surface area contributed by atoms with Gasteiger partial charge in [0.25, 0.3) is 0 Å². The maximum atomic E-state index is 13.9. The van der Waals surface area contributed by atoms with Gasteiger partial charge in [-0.05, 0) is 55.6 Å². The Bertz CT molecular complexity index is 1340. The molecule has 0 radical (unpaired) electrons. The van der Waals surface area contributed by atoms with Crippen molar-refractivity contribution in [1.82, 2.24) is 14.7 Å². The molecule has 2 aromatic carbocycles. The summed E-state index contributed by atoms with van der Waals surface area (Å²) in [5.74, 6) is -1.64. The summed E-state index contributed by atoms with van der Waals surface area (Å²) in [5, 5.41) is 13.7. The topological polar surface area (TPSA) is 64.8 Å². The van der Waals surface area contributed by atoms with Crippen molar-refractivity contribution in [3.05, 3.63) is 64.9 Å². The number of carboxylic acid groups (broad SMARTS) is 1. The van der Waals surface area contributed by atoms with Crippen LogP contribution in [0.2, 0.25) is 5.02 Å². The second-order valence-corrected chi connectivity index (χ2v) is 10.9. The molecule has 2 fully saturated rings. The zero-order valence-corrected chi connectivity index (χ0v) is 24.4. The summed E-state index contributed by atoms with van der Waals surface area (Å²) in [6.07, 6.45) is -1.81. The van der Waals surface area contributed by atoms with E-state index in [-0.39, 0.29) is 19.0 Å². The van der Waals surface area contributed by atoms with E-state index < -0.39 is 29.4 Å². The van der Waals surface area contributed by atoms with Crippen LogP contribution in [0.1, 0.15) is 48.3 Å². The first-order chi connectivity index (χ1) is 19.2. The van der Waals surface area contributed by atoms with Crippen molar-refractivity contribution in [3.8, 4) is 11.1 Å². The molecule has 5 rings (SSSR count). The van der Waals surface area contributed by atoms with Crippen molar-refractivity contribution in [3.63, 3.8) is 0 Å². The minimum absolute atomic E-state index is 0. The monoisotopic (exact) mass is 611 g/mol. The molecule has 0 bridgehead atoms. The van der Waals surface area contributed by atoms with E-state index >= 15 is 0 Å². The fourth-order valence-corrected chi connectivity index (χ4v) is 6.03. The maximum Gasteiger partial charge on any atom is 0.433 e. The number of carbonyl (C=O) groups is 1. The summed E-state index contributed by atoms with van der Waals surface area (Å²) in [5.41, 5.74) is 1.88. The minimum Gasteiger partial charge on any atom is -0.478 e. The molecule has 3 aromatic rings. The van der Waals surface area contributed by atoms with Gasteiger partial charge in [-0.2, -0.15) is 18.3 Å². The minimum atomic E-state index is -4.84. The van der Waals surface area contributed by atoms with Crippen LogP contribution in [0, 0.1) is 0 Å². The second kappa shape index (κ2) is 12.9. The average molecular weight is 613 g/mol. The number of rotatable bonds is 7. The van der Waals surface area contributed by atoms with E-state index in [9.17, 15) is 23.1 Å². The summed E-state index contributed by atoms with van der Waals surface area (Å²) in [4.78, 5) is 18.4. The molecule has 1 N–H and O–H groups in total. The molecule has 0 amide bonds. The highest BCUT2D eigenvalue weighted by molar-refractivity contribution is 6.31. The molecule has 0 aliphatic carbocycles. The Morgan fingerprint density at radius 3 is 2.39 bits per heavy atom. The zero-order chi connectivity index (χ0) is 28.4. The summed E-state index contributed by atoms with van der Waals surface area (Å²) < 4.78 is 42.5. The van der Waals surface area contributed by atoms with Crippen LogP contribution in [-0.4, -0.2) is 71.6 Å². The molecule has 41 heavy (non-hydrogen) atoms. The molecular weight excluding hydrogens is 578 g/mol. The second-order valence-electron chi connectivity index (χ2n) is 10.4. The number of hydrogen-bond acceptors (Lipinski definition) is 5. The third-order valence-electron chi connectivity index (χ3n) is 7.79. The Kier molecular flexibility index (Phi) is 9.77. The van der Waals surface area contributed by atoms with E-state index in [1.165, 1.54) is 5.69 Å². The molecule has 1 unspecified atom stereocenters. The molecule has 3 heterocycles. The van der Waals surface area contributed by atoms with E-state index in [1.807, 2.05) is 23.1 Å². The molecule has 12 heteroatoms. The van der Waals surface area contributed by atoms with Crippen LogP contribution in [0.5, 0.6) is 0 Å². The van der Waals surface area contributed by atoms with Crippen LogP contribution in [0.25, 0.3) is 11.1 Å². The van der Waals surface area contributed by atoms with Crippen molar-refractivity contribution in [1.29, 1.82) is 0 Å². The predicted octanol–water partition coefficient (Wildman–Crippen LogP) is 6.72. The standard InChI is InChI=1S/C29H33ClF3N5O2.ClH/c1-2-11-35-13-15-36(16-14-35)22-8-5-20(6-9-22)24-10-7-21(30)17-26(24)37-12-3-4-23(19-37)38-27(29(31,32)33)25(18-34-38)28(39)40;/h5-10,17-18,23H,2-4,11-16,19H2,1H3,(H,39,40);1H. The lowest BCUT2D eigenvalue weighted by atomic mass is 9.99. The largest absolute Gasteiger partial charge is 0.478 e. The first kappa shape index (κ1) is 31.0. The highest BCUT2D eigenvalue weighted by atomic mass is 35.5. The van der Waals surface area contributed by atoms with Gasteiger partial charge in [0.1, 0.15) is 5.56 Å². The SMILES string of the molecule is CCCN1CCN(c2ccc(-c3ccc(Cl)cc3N3CCCC(n4ncc(C(=O)O)c4C(F)(F)F)C3)cc2)CC1.Cl. The molecule has 2 saturated heterocycles. The average Bonchev–Trinajstić information content (AvgIpc) is 3.41. The van der Waals surface area contributed by atoms with Gasteiger partial charge in [0, 0.05) is 61.2 Å². The number of benzene rings is 2. The quantitative estimate of drug-likeness (QED) is 0.320. The number of carboxylic acids is 1. The van der Waals surface area contributed by atoms with Gasteiger partial charge in [-0.3, -0.25) is 9.58 Å². The van der Waals surface area contributed by atoms with Crippen molar-refractivity contribution in [2.24, 2.45) is 0 Å². The Labute approximate surface area is 248 Å². The Balaban J connectivity index is 0.00000387. The van der Waals surface area contributed by atoms with Crippen molar-refractivity contribution in [2.75, 3.05) is 55.6 Å². The molecule has 2 aliphatic rings. The van der Waals surface area contributed by atoms with E-state index in [1.54, 1.807) is 0 Å². The highest BCUT2D eigenvalue weighted by Gasteiger charge is 2.42. The molecule has 1 aromatic heterocycles. The first-order valence-electron chi connectivity index (χ1n) is 13.7. The lowest BCUT2D eigenvalue weighted by Crippen LogP contribution is -2.46. The lowest BCUT2D eigenvalue weighted by Gasteiger charge is -2.37. The van der Waals surface area contributed by atoms with Gasteiger partial charge >= 0.3 is 12.1 Å². The number of anilines is 2. The summed E-state index contributed by atoms with van der Waals surface area (Å²) in [6, 6.07) is 13.4. The van der Waals surface area contributed by atoms with Gasteiger partial charge in [-0.15, -0.1) is 12.4 Å². The molecule has 2 aliphatic heterocycles. The number of alkyl halides is 3. The molecule has 0 saturated carbocycles. The van der Waals surface area contributed by atoms with Crippen molar-refractivity contribution in [2.45, 2.75) is 38.4 Å². The van der Waals surface area contributed by atoms with Gasteiger partial charge in [-0.1, -0.05) is 36.7 Å². The smallest absolute Gasteiger partial charge is 0.433 e. The number of aromatic nitrogens is 2. The van der Waals surface area contributed by atoms with Crippen molar-refractivity contribution >= 4 is 41.4 Å². The summed E-state index contributed by atoms with van der Waals surface area (Å²) in [6.45, 7) is 8.28. The van der Waals surface area contributed by atoms with Gasteiger partial charge in [0.05, 0.1) is 12.2 Å². The third kappa shape index (κ3) is 6.76. The van der Waals surface area contributed by atoms with E-state index in [0.717, 1.165) is 66.8 Å². The fourth-order valence-electron chi connectivity index (χ4n) is 5.86. The van der Waals surface area contributed by atoms with Crippen molar-refractivity contribution < 1.29 is 23.1 Å². The van der Waals surface area contributed by atoms with Crippen LogP contribution in [0.4, 0.5) is 24.5 Å². The fraction of sp³-hybridized carbons (Fsp3) is 0.448. The lowest BCUT2D eigenvalue weighted by molar-refractivity contribution is -0.145. The number of piperidine rings is 1. The number of hydrogen-bond donors (Lipinski definition) is 1. The Hall–Kier alpha value is -2.95. The van der Waals surface area contributed by atoms with Crippen LogP contribution < -0.4 is 9.80 Å². The Morgan fingerprint density at radius 2 is 1.76 bits per heavy atom. The number of piperazine rings is 1. The van der Waals surface area contributed by atoms with Gasteiger partial charge in [-0.25, -0.2) is 4.79 Å². The third-order valence-corrected chi connectivity index (χ3v) is 8.03. The maximum absolute atomic E-state index is 13.9. The van der Waals surface area contributed by atoms with Crippen LogP contribution >= 0.6 is 24.0 Å². The molecule has 0 spiro atoms. The van der Waals surface area contributed by atoms with Crippen LogP contribution in [0.15, 0.2) is 48.7 Å². The predicted molar refractivity (Wildman–Crippen MR) is 158 cm³/mol. The number of nitrogens with zero attached hydrogens (tertiary/aromatic N) is 5.